The second-order valence-electron chi connectivity index (χ2n) is 4.33. The highest BCUT2D eigenvalue weighted by molar-refractivity contribution is 5.28. The quantitative estimate of drug-likeness (QED) is 0.827. The summed E-state index contributed by atoms with van der Waals surface area (Å²) < 4.78 is 7.04. The largest absolute Gasteiger partial charge is 0.491 e. The molecule has 4 heteroatoms. The van der Waals surface area contributed by atoms with Gasteiger partial charge in [0.2, 0.25) is 0 Å². The number of rotatable bonds is 4. The first-order valence-electron chi connectivity index (χ1n) is 5.93. The van der Waals surface area contributed by atoms with Gasteiger partial charge >= 0.3 is 0 Å². The number of ether oxygens (including phenoxy) is 1. The van der Waals surface area contributed by atoms with Gasteiger partial charge in [-0.15, -0.1) is 0 Å². The summed E-state index contributed by atoms with van der Waals surface area (Å²) >= 11 is 0. The van der Waals surface area contributed by atoms with Crippen LogP contribution in [0, 0.1) is 0 Å². The molecule has 0 aliphatic heterocycles. The lowest BCUT2D eigenvalue weighted by atomic mass is 10.2. The Bertz CT molecular complexity index is 576. The molecule has 0 aliphatic carbocycles. The van der Waals surface area contributed by atoms with Gasteiger partial charge in [-0.3, -0.25) is 4.79 Å². The topological polar surface area (TPSA) is 44.1 Å². The molecule has 0 N–H and O–H groups in total. The highest BCUT2D eigenvalue weighted by Crippen LogP contribution is 2.15. The second-order valence-corrected chi connectivity index (χ2v) is 4.33. The molecular weight excluding hydrogens is 228 g/mol. The average Bonchev–Trinajstić information content (AvgIpc) is 2.32. The van der Waals surface area contributed by atoms with E-state index in [0.29, 0.717) is 6.54 Å². The van der Waals surface area contributed by atoms with E-state index in [2.05, 4.69) is 5.10 Å². The van der Waals surface area contributed by atoms with Crippen molar-refractivity contribution in [3.8, 4) is 5.75 Å². The first kappa shape index (κ1) is 12.4. The van der Waals surface area contributed by atoms with Crippen LogP contribution in [-0.4, -0.2) is 15.9 Å². The highest BCUT2D eigenvalue weighted by atomic mass is 16.5. The van der Waals surface area contributed by atoms with Crippen LogP contribution in [0.2, 0.25) is 0 Å². The molecule has 1 heterocycles. The molecular formula is C14H16N2O2. The van der Waals surface area contributed by atoms with Crippen LogP contribution < -0.4 is 10.3 Å². The molecule has 4 nitrogen and oxygen atoms in total. The standard InChI is InChI=1S/C14H16N2O2/c1-11(2)18-13-6-3-5-12(9-13)10-16-14(17)7-4-8-15-16/h3-9,11H,10H2,1-2H3. The highest BCUT2D eigenvalue weighted by Gasteiger charge is 2.01. The summed E-state index contributed by atoms with van der Waals surface area (Å²) in [7, 11) is 0. The van der Waals surface area contributed by atoms with Gasteiger partial charge < -0.3 is 4.74 Å². The minimum Gasteiger partial charge on any atom is -0.491 e. The Morgan fingerprint density at radius 2 is 2.11 bits per heavy atom. The number of nitrogens with zero attached hydrogens (tertiary/aromatic N) is 2. The Morgan fingerprint density at radius 1 is 1.28 bits per heavy atom. The number of benzene rings is 1. The molecule has 0 bridgehead atoms. The van der Waals surface area contributed by atoms with Crippen molar-refractivity contribution in [1.82, 2.24) is 9.78 Å². The lowest BCUT2D eigenvalue weighted by Crippen LogP contribution is -2.21. The van der Waals surface area contributed by atoms with Crippen molar-refractivity contribution in [2.75, 3.05) is 0 Å². The van der Waals surface area contributed by atoms with Crippen molar-refractivity contribution in [3.63, 3.8) is 0 Å². The van der Waals surface area contributed by atoms with Crippen molar-refractivity contribution >= 4 is 0 Å². The molecule has 0 amide bonds. The van der Waals surface area contributed by atoms with E-state index in [0.717, 1.165) is 11.3 Å². The fourth-order valence-corrected chi connectivity index (χ4v) is 1.67. The van der Waals surface area contributed by atoms with Crippen LogP contribution in [-0.2, 0) is 6.54 Å². The van der Waals surface area contributed by atoms with Crippen LogP contribution in [0.1, 0.15) is 19.4 Å². The van der Waals surface area contributed by atoms with E-state index >= 15 is 0 Å². The van der Waals surface area contributed by atoms with E-state index in [4.69, 9.17) is 4.74 Å². The van der Waals surface area contributed by atoms with E-state index in [-0.39, 0.29) is 11.7 Å². The fraction of sp³-hybridized carbons (Fsp3) is 0.286. The lowest BCUT2D eigenvalue weighted by Gasteiger charge is -2.11. The van der Waals surface area contributed by atoms with E-state index in [1.54, 1.807) is 12.3 Å². The molecule has 0 aliphatic rings. The van der Waals surface area contributed by atoms with E-state index in [1.807, 2.05) is 38.1 Å². The zero-order valence-electron chi connectivity index (χ0n) is 10.5. The van der Waals surface area contributed by atoms with Gasteiger partial charge in [-0.2, -0.15) is 5.10 Å². The third kappa shape index (κ3) is 3.20. The summed E-state index contributed by atoms with van der Waals surface area (Å²) in [4.78, 5) is 11.6. The molecule has 1 aromatic heterocycles. The Hall–Kier alpha value is -2.10. The molecule has 94 valence electrons. The average molecular weight is 244 g/mol. The normalized spacial score (nSPS) is 10.6. The molecule has 1 aromatic carbocycles. The summed E-state index contributed by atoms with van der Waals surface area (Å²) in [5, 5.41) is 4.03. The fourth-order valence-electron chi connectivity index (χ4n) is 1.67. The molecule has 0 radical (unpaired) electrons. The predicted octanol–water partition coefficient (Wildman–Crippen LogP) is 2.08. The molecule has 2 aromatic rings. The van der Waals surface area contributed by atoms with Gasteiger partial charge in [-0.1, -0.05) is 12.1 Å². The Kier molecular flexibility index (Phi) is 3.77. The summed E-state index contributed by atoms with van der Waals surface area (Å²) in [5.41, 5.74) is 0.890. The van der Waals surface area contributed by atoms with Crippen molar-refractivity contribution < 1.29 is 4.74 Å². The van der Waals surface area contributed by atoms with Crippen molar-refractivity contribution in [3.05, 3.63) is 58.5 Å². The predicted molar refractivity (Wildman–Crippen MR) is 69.8 cm³/mol. The molecule has 0 saturated carbocycles. The Labute approximate surface area is 106 Å². The zero-order valence-corrected chi connectivity index (χ0v) is 10.5. The summed E-state index contributed by atoms with van der Waals surface area (Å²) in [5.74, 6) is 0.812. The maximum absolute atomic E-state index is 11.6. The van der Waals surface area contributed by atoms with Gasteiger partial charge in [-0.25, -0.2) is 4.68 Å². The van der Waals surface area contributed by atoms with Crippen molar-refractivity contribution in [2.45, 2.75) is 26.5 Å². The van der Waals surface area contributed by atoms with Gasteiger partial charge in [0.25, 0.3) is 5.56 Å². The molecule has 2 rings (SSSR count). The lowest BCUT2D eigenvalue weighted by molar-refractivity contribution is 0.242. The minimum absolute atomic E-state index is 0.104. The summed E-state index contributed by atoms with van der Waals surface area (Å²) in [6.07, 6.45) is 1.74. The van der Waals surface area contributed by atoms with Gasteiger partial charge in [-0.05, 0) is 37.6 Å². The molecule has 0 saturated heterocycles. The van der Waals surface area contributed by atoms with Crippen molar-refractivity contribution in [1.29, 1.82) is 0 Å². The van der Waals surface area contributed by atoms with E-state index < -0.39 is 0 Å². The van der Waals surface area contributed by atoms with Gasteiger partial charge in [0.1, 0.15) is 5.75 Å². The minimum atomic E-state index is -0.104. The molecule has 0 fully saturated rings. The number of hydrogen-bond acceptors (Lipinski definition) is 3. The van der Waals surface area contributed by atoms with E-state index in [1.165, 1.54) is 10.7 Å². The summed E-state index contributed by atoms with van der Waals surface area (Å²) in [6, 6.07) is 10.8. The van der Waals surface area contributed by atoms with Crippen molar-refractivity contribution in [2.24, 2.45) is 0 Å². The number of hydrogen-bond donors (Lipinski definition) is 0. The maximum atomic E-state index is 11.6. The van der Waals surface area contributed by atoms with Gasteiger partial charge in [0, 0.05) is 12.3 Å². The van der Waals surface area contributed by atoms with Crippen LogP contribution in [0.15, 0.2) is 47.4 Å². The second kappa shape index (κ2) is 5.49. The van der Waals surface area contributed by atoms with Crippen LogP contribution in [0.5, 0.6) is 5.75 Å². The third-order valence-electron chi connectivity index (χ3n) is 2.39. The van der Waals surface area contributed by atoms with Gasteiger partial charge in [0.05, 0.1) is 12.6 Å². The van der Waals surface area contributed by atoms with Crippen LogP contribution in [0.3, 0.4) is 0 Å². The zero-order chi connectivity index (χ0) is 13.0. The van der Waals surface area contributed by atoms with Gasteiger partial charge in [0.15, 0.2) is 0 Å². The summed E-state index contributed by atoms with van der Waals surface area (Å²) in [6.45, 7) is 4.42. The number of aromatic nitrogens is 2. The first-order valence-corrected chi connectivity index (χ1v) is 5.93. The molecule has 0 unspecified atom stereocenters. The maximum Gasteiger partial charge on any atom is 0.267 e. The Morgan fingerprint density at radius 3 is 2.83 bits per heavy atom. The molecule has 18 heavy (non-hydrogen) atoms. The molecule has 0 spiro atoms. The smallest absolute Gasteiger partial charge is 0.267 e. The molecule has 0 atom stereocenters. The monoisotopic (exact) mass is 244 g/mol. The van der Waals surface area contributed by atoms with E-state index in [9.17, 15) is 4.79 Å². The SMILES string of the molecule is CC(C)Oc1cccc(Cn2ncccc2=O)c1. The van der Waals surface area contributed by atoms with Crippen LogP contribution in [0.4, 0.5) is 0 Å². The van der Waals surface area contributed by atoms with Crippen LogP contribution >= 0.6 is 0 Å². The van der Waals surface area contributed by atoms with Crippen LogP contribution in [0.25, 0.3) is 0 Å². The Balaban J connectivity index is 2.20. The third-order valence-corrected chi connectivity index (χ3v) is 2.39. The first-order chi connectivity index (χ1) is 8.65.